The van der Waals surface area contributed by atoms with Crippen LogP contribution in [0.1, 0.15) is 16.8 Å². The van der Waals surface area contributed by atoms with Crippen LogP contribution in [0, 0.1) is 13.8 Å². The summed E-state index contributed by atoms with van der Waals surface area (Å²) in [5.74, 6) is 0.390. The molecular formula is C17H16F3N3O3S. The summed E-state index contributed by atoms with van der Waals surface area (Å²) in [4.78, 5) is 11.3. The smallest absolute Gasteiger partial charge is 0.496 e. The van der Waals surface area contributed by atoms with Gasteiger partial charge in [0.1, 0.15) is 11.5 Å². The number of aryl methyl sites for hydroxylation is 1. The van der Waals surface area contributed by atoms with E-state index in [2.05, 4.69) is 19.7 Å². The first-order valence-corrected chi connectivity index (χ1v) is 9.13. The highest BCUT2D eigenvalue weighted by Gasteiger charge is 2.31. The van der Waals surface area contributed by atoms with Crippen molar-refractivity contribution in [2.75, 3.05) is 7.11 Å². The van der Waals surface area contributed by atoms with Crippen LogP contribution in [0.25, 0.3) is 11.0 Å². The number of aromatic nitrogens is 3. The quantitative estimate of drug-likeness (QED) is 0.706. The van der Waals surface area contributed by atoms with Gasteiger partial charge in [-0.1, -0.05) is 0 Å². The van der Waals surface area contributed by atoms with Crippen molar-refractivity contribution in [1.29, 1.82) is 0 Å². The molecule has 2 heterocycles. The molecule has 0 aliphatic heterocycles. The van der Waals surface area contributed by atoms with Crippen LogP contribution in [0.3, 0.4) is 0 Å². The van der Waals surface area contributed by atoms with Gasteiger partial charge in [-0.05, 0) is 26.0 Å². The topological polar surface area (TPSA) is 77.1 Å². The Labute approximate surface area is 155 Å². The fourth-order valence-corrected chi connectivity index (χ4v) is 3.78. The van der Waals surface area contributed by atoms with Crippen LogP contribution in [-0.2, 0) is 16.6 Å². The highest BCUT2D eigenvalue weighted by Crippen LogP contribution is 2.28. The molecule has 0 aliphatic carbocycles. The van der Waals surface area contributed by atoms with Gasteiger partial charge < -0.3 is 14.5 Å². The number of fused-ring (bicyclic) bond motifs is 1. The van der Waals surface area contributed by atoms with Crippen LogP contribution in [0.4, 0.5) is 13.2 Å². The summed E-state index contributed by atoms with van der Waals surface area (Å²) in [6.45, 7) is 3.68. The standard InChI is InChI=1S/C17H16F3N3O3S/c1-9-7-21-14(10(2)15(9)25-3)8-27(24)16-22-12-5-4-11(6-13(12)23-16)26-17(18,19)20/h4-7H,8H2,1-3H3,(H,22,23)/t27-/m1/s1. The predicted octanol–water partition coefficient (Wildman–Crippen LogP) is 3.79. The molecule has 0 saturated heterocycles. The Morgan fingerprint density at radius 3 is 2.67 bits per heavy atom. The minimum absolute atomic E-state index is 0.0915. The number of imidazole rings is 1. The minimum atomic E-state index is -4.78. The highest BCUT2D eigenvalue weighted by molar-refractivity contribution is 7.84. The lowest BCUT2D eigenvalue weighted by molar-refractivity contribution is -0.274. The largest absolute Gasteiger partial charge is 0.573 e. The lowest BCUT2D eigenvalue weighted by Crippen LogP contribution is -2.16. The molecule has 0 unspecified atom stereocenters. The fourth-order valence-electron chi connectivity index (χ4n) is 2.68. The molecule has 0 aliphatic rings. The SMILES string of the molecule is COc1c(C)cnc(C[S@@](=O)c2nc3ccc(OC(F)(F)F)cc3[nH]2)c1C. The normalized spacial score (nSPS) is 13.0. The van der Waals surface area contributed by atoms with Gasteiger partial charge in [-0.15, -0.1) is 13.2 Å². The summed E-state index contributed by atoms with van der Waals surface area (Å²) in [7, 11) is -0.0161. The first-order valence-electron chi connectivity index (χ1n) is 7.81. The number of methoxy groups -OCH3 is 1. The molecule has 3 rings (SSSR count). The second-order valence-corrected chi connectivity index (χ2v) is 7.17. The van der Waals surface area contributed by atoms with Gasteiger partial charge in [0.2, 0.25) is 0 Å². The summed E-state index contributed by atoms with van der Waals surface area (Å²) in [5, 5.41) is 0.148. The number of benzene rings is 1. The van der Waals surface area contributed by atoms with Crippen molar-refractivity contribution in [2.45, 2.75) is 31.1 Å². The second kappa shape index (κ2) is 7.18. The van der Waals surface area contributed by atoms with Gasteiger partial charge in [0.15, 0.2) is 5.16 Å². The lowest BCUT2D eigenvalue weighted by Gasteiger charge is -2.11. The molecule has 6 nitrogen and oxygen atoms in total. The molecule has 0 spiro atoms. The second-order valence-electron chi connectivity index (χ2n) is 5.80. The van der Waals surface area contributed by atoms with E-state index in [0.717, 1.165) is 23.3 Å². The number of hydrogen-bond acceptors (Lipinski definition) is 5. The van der Waals surface area contributed by atoms with Gasteiger partial charge in [-0.25, -0.2) is 4.98 Å². The molecule has 0 fully saturated rings. The Bertz CT molecular complexity index is 1020. The molecular weight excluding hydrogens is 383 g/mol. The Morgan fingerprint density at radius 1 is 1.26 bits per heavy atom. The number of hydrogen-bond donors (Lipinski definition) is 1. The molecule has 0 bridgehead atoms. The van der Waals surface area contributed by atoms with Crippen molar-refractivity contribution in [2.24, 2.45) is 0 Å². The molecule has 0 saturated carbocycles. The third-order valence-corrected chi connectivity index (χ3v) is 5.06. The van der Waals surface area contributed by atoms with E-state index in [1.54, 1.807) is 13.3 Å². The number of H-pyrrole nitrogens is 1. The molecule has 27 heavy (non-hydrogen) atoms. The molecule has 144 valence electrons. The third-order valence-electron chi connectivity index (χ3n) is 3.90. The predicted molar refractivity (Wildman–Crippen MR) is 93.2 cm³/mol. The Balaban J connectivity index is 1.86. The van der Waals surface area contributed by atoms with E-state index in [4.69, 9.17) is 4.74 Å². The maximum absolute atomic E-state index is 12.7. The van der Waals surface area contributed by atoms with Crippen LogP contribution in [0.2, 0.25) is 0 Å². The van der Waals surface area contributed by atoms with E-state index in [0.29, 0.717) is 22.5 Å². The van der Waals surface area contributed by atoms with Gasteiger partial charge in [-0.2, -0.15) is 0 Å². The molecule has 0 radical (unpaired) electrons. The number of nitrogens with zero attached hydrogens (tertiary/aromatic N) is 2. The van der Waals surface area contributed by atoms with Gasteiger partial charge in [0, 0.05) is 23.4 Å². The number of alkyl halides is 3. The Kier molecular flexibility index (Phi) is 5.09. The third kappa shape index (κ3) is 4.21. The van der Waals surface area contributed by atoms with E-state index >= 15 is 0 Å². The van der Waals surface area contributed by atoms with Crippen LogP contribution >= 0.6 is 0 Å². The maximum Gasteiger partial charge on any atom is 0.573 e. The number of nitrogens with one attached hydrogen (secondary N) is 1. The molecule has 3 aromatic rings. The summed E-state index contributed by atoms with van der Waals surface area (Å²) >= 11 is 0. The van der Waals surface area contributed by atoms with E-state index in [9.17, 15) is 17.4 Å². The molecule has 1 N–H and O–H groups in total. The van der Waals surface area contributed by atoms with Crippen LogP contribution < -0.4 is 9.47 Å². The Hall–Kier alpha value is -2.62. The first-order chi connectivity index (χ1) is 12.7. The maximum atomic E-state index is 12.7. The van der Waals surface area contributed by atoms with Crippen molar-refractivity contribution in [3.05, 3.63) is 41.2 Å². The average Bonchev–Trinajstić information content (AvgIpc) is 3.00. The van der Waals surface area contributed by atoms with Crippen LogP contribution in [-0.4, -0.2) is 32.6 Å². The highest BCUT2D eigenvalue weighted by atomic mass is 32.2. The van der Waals surface area contributed by atoms with E-state index in [1.807, 2.05) is 13.8 Å². The average molecular weight is 399 g/mol. The van der Waals surface area contributed by atoms with Crippen molar-refractivity contribution in [1.82, 2.24) is 15.0 Å². The zero-order valence-corrected chi connectivity index (χ0v) is 15.5. The van der Waals surface area contributed by atoms with E-state index < -0.39 is 17.2 Å². The monoisotopic (exact) mass is 399 g/mol. The van der Waals surface area contributed by atoms with Gasteiger partial charge >= 0.3 is 6.36 Å². The van der Waals surface area contributed by atoms with Gasteiger partial charge in [0.05, 0.1) is 40.4 Å². The molecule has 10 heteroatoms. The Morgan fingerprint density at radius 2 is 2.00 bits per heavy atom. The summed E-state index contributed by atoms with van der Waals surface area (Å²) in [6.07, 6.45) is -3.15. The minimum Gasteiger partial charge on any atom is -0.496 e. The molecule has 2 aromatic heterocycles. The van der Waals surface area contributed by atoms with E-state index in [-0.39, 0.29) is 16.7 Å². The number of halogens is 3. The molecule has 0 amide bonds. The van der Waals surface area contributed by atoms with Gasteiger partial charge in [-0.3, -0.25) is 9.19 Å². The zero-order valence-electron chi connectivity index (χ0n) is 14.7. The van der Waals surface area contributed by atoms with Crippen molar-refractivity contribution >= 4 is 21.8 Å². The summed E-state index contributed by atoms with van der Waals surface area (Å²) in [6, 6.07) is 3.68. The van der Waals surface area contributed by atoms with Crippen LogP contribution in [0.5, 0.6) is 11.5 Å². The van der Waals surface area contributed by atoms with Crippen molar-refractivity contribution in [3.8, 4) is 11.5 Å². The molecule has 1 atom stereocenters. The van der Waals surface area contributed by atoms with Crippen molar-refractivity contribution < 1.29 is 26.9 Å². The first kappa shape index (κ1) is 19.2. The lowest BCUT2D eigenvalue weighted by atomic mass is 10.1. The number of rotatable bonds is 5. The summed E-state index contributed by atoms with van der Waals surface area (Å²) in [5.41, 5.74) is 2.93. The number of aromatic amines is 1. The fraction of sp³-hybridized carbons (Fsp3) is 0.294. The number of ether oxygens (including phenoxy) is 2. The zero-order chi connectivity index (χ0) is 19.8. The number of pyridine rings is 1. The summed E-state index contributed by atoms with van der Waals surface area (Å²) < 4.78 is 58.9. The molecule has 1 aromatic carbocycles. The van der Waals surface area contributed by atoms with Gasteiger partial charge in [0.25, 0.3) is 0 Å². The van der Waals surface area contributed by atoms with Crippen LogP contribution in [0.15, 0.2) is 29.6 Å². The van der Waals surface area contributed by atoms with Crippen molar-refractivity contribution in [3.63, 3.8) is 0 Å². The van der Waals surface area contributed by atoms with E-state index in [1.165, 1.54) is 6.07 Å².